The number of aliphatic imine (C=N–C) groups is 1. The minimum absolute atomic E-state index is 0.0758. The van der Waals surface area contributed by atoms with Crippen molar-refractivity contribution in [2.75, 3.05) is 25.2 Å². The zero-order valence-electron chi connectivity index (χ0n) is 19.2. The van der Waals surface area contributed by atoms with Gasteiger partial charge in [-0.2, -0.15) is 11.8 Å². The van der Waals surface area contributed by atoms with Crippen molar-refractivity contribution < 1.29 is 29.4 Å². The first-order valence-corrected chi connectivity index (χ1v) is 11.9. The van der Waals surface area contributed by atoms with E-state index in [0.717, 1.165) is 0 Å². The SMILES string of the molecule is CSCCC(NC(=O)C(CO)NC(=O)C(N)CCCN=C(N)N)C(=O)NC(C(=O)O)C(C)C. The summed E-state index contributed by atoms with van der Waals surface area (Å²) in [4.78, 5) is 52.7. The van der Waals surface area contributed by atoms with Crippen molar-refractivity contribution in [3.63, 3.8) is 0 Å². The number of aliphatic carboxylic acids is 1. The number of nitrogens with two attached hydrogens (primary N) is 3. The number of carboxylic acid groups (broad SMARTS) is 1. The second-order valence-corrected chi connectivity index (χ2v) is 8.70. The zero-order valence-corrected chi connectivity index (χ0v) is 20.1. The molecule has 0 rings (SSSR count). The van der Waals surface area contributed by atoms with Crippen molar-refractivity contribution in [3.8, 4) is 0 Å². The number of amides is 3. The van der Waals surface area contributed by atoms with E-state index in [1.54, 1.807) is 13.8 Å². The van der Waals surface area contributed by atoms with Crippen LogP contribution in [0.1, 0.15) is 33.1 Å². The quantitative estimate of drug-likeness (QED) is 0.0632. The van der Waals surface area contributed by atoms with E-state index in [2.05, 4.69) is 20.9 Å². The number of hydrogen-bond donors (Lipinski definition) is 8. The molecule has 0 heterocycles. The summed E-state index contributed by atoms with van der Waals surface area (Å²) in [6.45, 7) is 2.85. The van der Waals surface area contributed by atoms with Crippen LogP contribution in [0.15, 0.2) is 4.99 Å². The molecule has 0 aromatic carbocycles. The van der Waals surface area contributed by atoms with Crippen molar-refractivity contribution in [1.82, 2.24) is 16.0 Å². The Labute approximate surface area is 197 Å². The van der Waals surface area contributed by atoms with Crippen LogP contribution in [0.3, 0.4) is 0 Å². The molecule has 190 valence electrons. The van der Waals surface area contributed by atoms with Gasteiger partial charge in [0.25, 0.3) is 0 Å². The molecule has 0 saturated heterocycles. The number of carbonyl (C=O) groups excluding carboxylic acids is 3. The van der Waals surface area contributed by atoms with Crippen LogP contribution in [0.4, 0.5) is 0 Å². The Bertz CT molecular complexity index is 688. The number of guanidine groups is 1. The molecule has 0 bridgehead atoms. The molecule has 4 atom stereocenters. The highest BCUT2D eigenvalue weighted by molar-refractivity contribution is 7.98. The number of aliphatic hydroxyl groups excluding tert-OH is 1. The lowest BCUT2D eigenvalue weighted by Crippen LogP contribution is -2.58. The second-order valence-electron chi connectivity index (χ2n) is 7.71. The average Bonchev–Trinajstić information content (AvgIpc) is 2.74. The molecule has 14 heteroatoms. The molecule has 0 fully saturated rings. The van der Waals surface area contributed by atoms with Crippen LogP contribution in [0.5, 0.6) is 0 Å². The number of carbonyl (C=O) groups is 4. The molecule has 33 heavy (non-hydrogen) atoms. The van der Waals surface area contributed by atoms with E-state index in [-0.39, 0.29) is 31.3 Å². The summed E-state index contributed by atoms with van der Waals surface area (Å²) in [5, 5.41) is 26.1. The predicted octanol–water partition coefficient (Wildman–Crippen LogP) is -2.69. The van der Waals surface area contributed by atoms with E-state index in [9.17, 15) is 29.4 Å². The van der Waals surface area contributed by atoms with Crippen molar-refractivity contribution in [2.45, 2.75) is 57.3 Å². The van der Waals surface area contributed by atoms with Gasteiger partial charge in [-0.1, -0.05) is 13.8 Å². The van der Waals surface area contributed by atoms with Crippen LogP contribution in [-0.2, 0) is 19.2 Å². The maximum atomic E-state index is 12.6. The molecule has 0 spiro atoms. The van der Waals surface area contributed by atoms with E-state index < -0.39 is 54.5 Å². The van der Waals surface area contributed by atoms with Gasteiger partial charge in [0.1, 0.15) is 18.1 Å². The van der Waals surface area contributed by atoms with E-state index in [4.69, 9.17) is 17.2 Å². The Morgan fingerprint density at radius 1 is 0.970 bits per heavy atom. The lowest BCUT2D eigenvalue weighted by molar-refractivity contribution is -0.143. The Hall–Kier alpha value is -2.58. The van der Waals surface area contributed by atoms with Gasteiger partial charge in [0.2, 0.25) is 17.7 Å². The number of hydrogen-bond acceptors (Lipinski definition) is 8. The summed E-state index contributed by atoms with van der Waals surface area (Å²) < 4.78 is 0. The molecule has 0 aromatic heterocycles. The molecule has 4 unspecified atom stereocenters. The maximum Gasteiger partial charge on any atom is 0.326 e. The number of nitrogens with one attached hydrogen (secondary N) is 3. The van der Waals surface area contributed by atoms with Crippen LogP contribution < -0.4 is 33.2 Å². The van der Waals surface area contributed by atoms with Gasteiger partial charge in [-0.15, -0.1) is 0 Å². The predicted molar refractivity (Wildman–Crippen MR) is 126 cm³/mol. The van der Waals surface area contributed by atoms with E-state index in [1.165, 1.54) is 11.8 Å². The minimum Gasteiger partial charge on any atom is -0.480 e. The van der Waals surface area contributed by atoms with Gasteiger partial charge < -0.3 is 43.4 Å². The second kappa shape index (κ2) is 16.1. The standard InChI is InChI=1S/C19H37N7O6S/c1-10(2)14(18(31)32)26-16(29)12(6-8-33-3)24-17(30)13(9-27)25-15(28)11(20)5-4-7-23-19(21)22/h10-14,27H,4-9,20H2,1-3H3,(H,24,30)(H,25,28)(H,26,29)(H,31,32)(H4,21,22,23). The zero-order chi connectivity index (χ0) is 25.6. The summed E-state index contributed by atoms with van der Waals surface area (Å²) in [5.74, 6) is -3.26. The highest BCUT2D eigenvalue weighted by Gasteiger charge is 2.30. The Balaban J connectivity index is 5.08. The van der Waals surface area contributed by atoms with E-state index >= 15 is 0 Å². The molecular formula is C19H37N7O6S. The van der Waals surface area contributed by atoms with Crippen molar-refractivity contribution in [2.24, 2.45) is 28.1 Å². The van der Waals surface area contributed by atoms with Gasteiger partial charge >= 0.3 is 5.97 Å². The number of thioether (sulfide) groups is 1. The van der Waals surface area contributed by atoms with Crippen molar-refractivity contribution >= 4 is 41.4 Å². The van der Waals surface area contributed by atoms with Gasteiger partial charge in [-0.3, -0.25) is 19.4 Å². The maximum absolute atomic E-state index is 12.6. The summed E-state index contributed by atoms with van der Waals surface area (Å²) in [6, 6.07) is -4.48. The Morgan fingerprint density at radius 2 is 1.55 bits per heavy atom. The monoisotopic (exact) mass is 491 g/mol. The molecule has 0 aromatic rings. The fraction of sp³-hybridized carbons (Fsp3) is 0.737. The van der Waals surface area contributed by atoms with Gasteiger partial charge in [0, 0.05) is 6.54 Å². The van der Waals surface area contributed by atoms with Crippen LogP contribution in [0.25, 0.3) is 0 Å². The first kappa shape index (κ1) is 30.4. The molecule has 0 aliphatic heterocycles. The molecule has 0 radical (unpaired) electrons. The minimum atomic E-state index is -1.34. The van der Waals surface area contributed by atoms with Crippen LogP contribution in [0, 0.1) is 5.92 Å². The van der Waals surface area contributed by atoms with Gasteiger partial charge in [0.15, 0.2) is 5.96 Å². The highest BCUT2D eigenvalue weighted by Crippen LogP contribution is 2.06. The number of rotatable bonds is 16. The van der Waals surface area contributed by atoms with Crippen molar-refractivity contribution in [3.05, 3.63) is 0 Å². The van der Waals surface area contributed by atoms with Crippen LogP contribution >= 0.6 is 11.8 Å². The smallest absolute Gasteiger partial charge is 0.326 e. The highest BCUT2D eigenvalue weighted by atomic mass is 32.2. The summed E-state index contributed by atoms with van der Waals surface area (Å²) >= 11 is 1.44. The first-order valence-electron chi connectivity index (χ1n) is 10.5. The largest absolute Gasteiger partial charge is 0.480 e. The normalized spacial score (nSPS) is 14.5. The summed E-state index contributed by atoms with van der Waals surface area (Å²) in [6.07, 6.45) is 2.71. The summed E-state index contributed by atoms with van der Waals surface area (Å²) in [7, 11) is 0. The van der Waals surface area contributed by atoms with Crippen LogP contribution in [0.2, 0.25) is 0 Å². The van der Waals surface area contributed by atoms with Gasteiger partial charge in [0.05, 0.1) is 12.6 Å². The van der Waals surface area contributed by atoms with Crippen molar-refractivity contribution in [1.29, 1.82) is 0 Å². The molecular weight excluding hydrogens is 454 g/mol. The molecule has 3 amide bonds. The fourth-order valence-electron chi connectivity index (χ4n) is 2.67. The van der Waals surface area contributed by atoms with E-state index in [0.29, 0.717) is 12.2 Å². The number of nitrogens with zero attached hydrogens (tertiary/aromatic N) is 1. The average molecular weight is 492 g/mol. The lowest BCUT2D eigenvalue weighted by Gasteiger charge is -2.25. The van der Waals surface area contributed by atoms with Gasteiger partial charge in [-0.05, 0) is 37.2 Å². The lowest BCUT2D eigenvalue weighted by atomic mass is 10.0. The molecule has 0 saturated carbocycles. The fourth-order valence-corrected chi connectivity index (χ4v) is 3.14. The number of carboxylic acids is 1. The topological polar surface area (TPSA) is 235 Å². The molecule has 13 nitrogen and oxygen atoms in total. The third-order valence-electron chi connectivity index (χ3n) is 4.59. The third kappa shape index (κ3) is 12.3. The third-order valence-corrected chi connectivity index (χ3v) is 5.24. The first-order chi connectivity index (χ1) is 15.4. The number of aliphatic hydroxyl groups is 1. The molecule has 0 aliphatic rings. The Morgan fingerprint density at radius 3 is 2.03 bits per heavy atom. The van der Waals surface area contributed by atoms with E-state index in [1.807, 2.05) is 6.26 Å². The Kier molecular flexibility index (Phi) is 14.8. The molecule has 0 aliphatic carbocycles. The van der Waals surface area contributed by atoms with Crippen LogP contribution in [-0.4, -0.2) is 89.2 Å². The van der Waals surface area contributed by atoms with Gasteiger partial charge in [-0.25, -0.2) is 4.79 Å². The molecule has 11 N–H and O–H groups in total. The summed E-state index contributed by atoms with van der Waals surface area (Å²) in [5.41, 5.74) is 16.2.